The summed E-state index contributed by atoms with van der Waals surface area (Å²) in [5, 5.41) is 0. The van der Waals surface area contributed by atoms with Gasteiger partial charge in [0.25, 0.3) is 5.91 Å². The SMILES string of the molecule is O=C1N=C(n2ccnc2)c2ccccc21. The Morgan fingerprint density at radius 2 is 1.93 bits per heavy atom. The van der Waals surface area contributed by atoms with Gasteiger partial charge in [-0.25, -0.2) is 4.98 Å². The average Bonchev–Trinajstić information content (AvgIpc) is 2.87. The third-order valence-electron chi connectivity index (χ3n) is 2.35. The number of nitrogens with zero attached hydrogens (tertiary/aromatic N) is 3. The van der Waals surface area contributed by atoms with E-state index in [1.54, 1.807) is 29.4 Å². The normalized spacial score (nSPS) is 13.9. The van der Waals surface area contributed by atoms with Crippen LogP contribution in [0, 0.1) is 0 Å². The third kappa shape index (κ3) is 1.11. The van der Waals surface area contributed by atoms with Crippen LogP contribution in [0.5, 0.6) is 0 Å². The first kappa shape index (κ1) is 8.11. The van der Waals surface area contributed by atoms with Gasteiger partial charge in [0.1, 0.15) is 12.2 Å². The first-order valence-corrected chi connectivity index (χ1v) is 4.57. The number of benzene rings is 1. The number of hydrogen-bond donors (Lipinski definition) is 0. The Balaban J connectivity index is 2.22. The molecular weight excluding hydrogens is 190 g/mol. The Morgan fingerprint density at radius 3 is 2.67 bits per heavy atom. The molecule has 0 aliphatic carbocycles. The zero-order chi connectivity index (χ0) is 10.3. The van der Waals surface area contributed by atoms with E-state index in [2.05, 4.69) is 9.98 Å². The van der Waals surface area contributed by atoms with Crippen molar-refractivity contribution in [3.63, 3.8) is 0 Å². The molecule has 1 aliphatic heterocycles. The van der Waals surface area contributed by atoms with Crippen LogP contribution in [0.25, 0.3) is 0 Å². The summed E-state index contributed by atoms with van der Waals surface area (Å²) >= 11 is 0. The molecule has 0 N–H and O–H groups in total. The van der Waals surface area contributed by atoms with Crippen molar-refractivity contribution in [1.82, 2.24) is 9.55 Å². The second-order valence-corrected chi connectivity index (χ2v) is 3.26. The van der Waals surface area contributed by atoms with Crippen LogP contribution in [-0.2, 0) is 0 Å². The molecule has 4 nitrogen and oxygen atoms in total. The molecule has 2 aromatic rings. The van der Waals surface area contributed by atoms with E-state index in [9.17, 15) is 4.79 Å². The Hall–Kier alpha value is -2.23. The number of rotatable bonds is 0. The summed E-state index contributed by atoms with van der Waals surface area (Å²) in [6.07, 6.45) is 5.07. The second-order valence-electron chi connectivity index (χ2n) is 3.26. The summed E-state index contributed by atoms with van der Waals surface area (Å²) in [4.78, 5) is 19.5. The van der Waals surface area contributed by atoms with Crippen molar-refractivity contribution in [2.45, 2.75) is 0 Å². The van der Waals surface area contributed by atoms with Crippen LogP contribution in [0.2, 0.25) is 0 Å². The largest absolute Gasteiger partial charge is 0.290 e. The summed E-state index contributed by atoms with van der Waals surface area (Å²) in [5.74, 6) is 0.461. The second kappa shape index (κ2) is 2.88. The van der Waals surface area contributed by atoms with Crippen LogP contribution < -0.4 is 0 Å². The molecule has 0 saturated heterocycles. The van der Waals surface area contributed by atoms with Gasteiger partial charge in [0.15, 0.2) is 0 Å². The smallest absolute Gasteiger partial charge is 0.279 e. The van der Waals surface area contributed by atoms with E-state index in [-0.39, 0.29) is 5.91 Å². The number of hydrogen-bond acceptors (Lipinski definition) is 2. The van der Waals surface area contributed by atoms with Crippen LogP contribution in [0.4, 0.5) is 0 Å². The number of carbonyl (C=O) groups excluding carboxylic acids is 1. The maximum absolute atomic E-state index is 11.5. The predicted molar refractivity (Wildman–Crippen MR) is 54.9 cm³/mol. The van der Waals surface area contributed by atoms with E-state index in [0.29, 0.717) is 11.4 Å². The summed E-state index contributed by atoms with van der Waals surface area (Å²) in [6, 6.07) is 7.40. The molecule has 3 rings (SSSR count). The number of amides is 1. The first-order valence-electron chi connectivity index (χ1n) is 4.57. The highest BCUT2D eigenvalue weighted by atomic mass is 16.1. The van der Waals surface area contributed by atoms with E-state index in [1.165, 1.54) is 0 Å². The van der Waals surface area contributed by atoms with Gasteiger partial charge >= 0.3 is 0 Å². The fourth-order valence-corrected chi connectivity index (χ4v) is 1.66. The van der Waals surface area contributed by atoms with Gasteiger partial charge in [-0.15, -0.1) is 0 Å². The highest BCUT2D eigenvalue weighted by Crippen LogP contribution is 2.19. The summed E-state index contributed by atoms with van der Waals surface area (Å²) in [5.41, 5.74) is 1.52. The lowest BCUT2D eigenvalue weighted by molar-refractivity contribution is 0.101. The molecule has 1 aromatic carbocycles. The van der Waals surface area contributed by atoms with Crippen LogP contribution in [-0.4, -0.2) is 21.3 Å². The molecule has 0 bridgehead atoms. The van der Waals surface area contributed by atoms with Crippen molar-refractivity contribution in [1.29, 1.82) is 0 Å². The molecule has 0 unspecified atom stereocenters. The Kier molecular flexibility index (Phi) is 1.56. The topological polar surface area (TPSA) is 47.2 Å². The lowest BCUT2D eigenvalue weighted by Crippen LogP contribution is -2.08. The molecule has 1 aromatic heterocycles. The first-order chi connectivity index (χ1) is 7.36. The predicted octanol–water partition coefficient (Wildman–Crippen LogP) is 1.33. The van der Waals surface area contributed by atoms with E-state index >= 15 is 0 Å². The van der Waals surface area contributed by atoms with Crippen molar-refractivity contribution >= 4 is 11.7 Å². The Labute approximate surface area is 85.9 Å². The standard InChI is InChI=1S/C11H7N3O/c15-11-9-4-2-1-3-8(9)10(13-11)14-6-5-12-7-14/h1-7H. The molecule has 15 heavy (non-hydrogen) atoms. The molecule has 0 fully saturated rings. The van der Waals surface area contributed by atoms with Crippen molar-refractivity contribution in [2.75, 3.05) is 0 Å². The fraction of sp³-hybridized carbons (Fsp3) is 0. The number of aliphatic imine (C=N–C) groups is 1. The number of aromatic nitrogens is 2. The molecule has 0 atom stereocenters. The summed E-state index contributed by atoms with van der Waals surface area (Å²) in [7, 11) is 0. The minimum atomic E-state index is -0.186. The maximum Gasteiger partial charge on any atom is 0.279 e. The van der Waals surface area contributed by atoms with Gasteiger partial charge in [-0.05, 0) is 6.07 Å². The summed E-state index contributed by atoms with van der Waals surface area (Å²) < 4.78 is 1.74. The molecular formula is C11H7N3O. The van der Waals surface area contributed by atoms with Gasteiger partial charge in [-0.2, -0.15) is 4.99 Å². The molecule has 0 spiro atoms. The highest BCUT2D eigenvalue weighted by Gasteiger charge is 2.23. The summed E-state index contributed by atoms with van der Waals surface area (Å²) in [6.45, 7) is 0. The number of fused-ring (bicyclic) bond motifs is 1. The third-order valence-corrected chi connectivity index (χ3v) is 2.35. The highest BCUT2D eigenvalue weighted by molar-refractivity contribution is 6.21. The van der Waals surface area contributed by atoms with E-state index in [1.807, 2.05) is 18.2 Å². The minimum Gasteiger partial charge on any atom is -0.290 e. The van der Waals surface area contributed by atoms with E-state index < -0.39 is 0 Å². The van der Waals surface area contributed by atoms with E-state index in [0.717, 1.165) is 5.56 Å². The fourth-order valence-electron chi connectivity index (χ4n) is 1.66. The van der Waals surface area contributed by atoms with Gasteiger partial charge < -0.3 is 0 Å². The molecule has 72 valence electrons. The molecule has 1 aliphatic rings. The minimum absolute atomic E-state index is 0.186. The Bertz CT molecular complexity index is 555. The van der Waals surface area contributed by atoms with Gasteiger partial charge in [0, 0.05) is 18.0 Å². The Morgan fingerprint density at radius 1 is 1.13 bits per heavy atom. The zero-order valence-corrected chi connectivity index (χ0v) is 7.79. The molecule has 4 heteroatoms. The molecule has 0 radical (unpaired) electrons. The van der Waals surface area contributed by atoms with Gasteiger partial charge in [0.2, 0.25) is 0 Å². The van der Waals surface area contributed by atoms with Crippen LogP contribution in [0.1, 0.15) is 15.9 Å². The lowest BCUT2D eigenvalue weighted by Gasteiger charge is -2.01. The molecule has 2 heterocycles. The molecule has 0 saturated carbocycles. The zero-order valence-electron chi connectivity index (χ0n) is 7.79. The van der Waals surface area contributed by atoms with E-state index in [4.69, 9.17) is 0 Å². The van der Waals surface area contributed by atoms with Crippen molar-refractivity contribution in [3.8, 4) is 0 Å². The molecule has 1 amide bonds. The average molecular weight is 197 g/mol. The van der Waals surface area contributed by atoms with Crippen molar-refractivity contribution < 1.29 is 4.79 Å². The lowest BCUT2D eigenvalue weighted by atomic mass is 10.1. The van der Waals surface area contributed by atoms with Crippen LogP contribution in [0.15, 0.2) is 48.0 Å². The quantitative estimate of drug-likeness (QED) is 0.639. The van der Waals surface area contributed by atoms with Gasteiger partial charge in [-0.3, -0.25) is 9.36 Å². The monoisotopic (exact) mass is 197 g/mol. The van der Waals surface area contributed by atoms with Crippen LogP contribution in [0.3, 0.4) is 0 Å². The van der Waals surface area contributed by atoms with Crippen LogP contribution >= 0.6 is 0 Å². The van der Waals surface area contributed by atoms with Crippen molar-refractivity contribution in [3.05, 3.63) is 54.1 Å². The number of imidazole rings is 1. The maximum atomic E-state index is 11.5. The van der Waals surface area contributed by atoms with Crippen molar-refractivity contribution in [2.24, 2.45) is 4.99 Å². The number of carbonyl (C=O) groups is 1. The van der Waals surface area contributed by atoms with Gasteiger partial charge in [-0.1, -0.05) is 18.2 Å². The van der Waals surface area contributed by atoms with Gasteiger partial charge in [0.05, 0.1) is 5.56 Å².